The summed E-state index contributed by atoms with van der Waals surface area (Å²) in [6.07, 6.45) is -0.951. The normalized spacial score (nSPS) is 24.6. The third kappa shape index (κ3) is 6.27. The molecule has 8 nitrogen and oxygen atoms in total. The maximum Gasteiger partial charge on any atom is 0.407 e. The summed E-state index contributed by atoms with van der Waals surface area (Å²) in [5.41, 5.74) is 4.30. The van der Waals surface area contributed by atoms with Crippen LogP contribution in [0.25, 0.3) is 0 Å². The largest absolute Gasteiger partial charge is 0.452 e. The van der Waals surface area contributed by atoms with Crippen molar-refractivity contribution in [3.8, 4) is 5.75 Å². The van der Waals surface area contributed by atoms with Gasteiger partial charge in [0.25, 0.3) is 5.91 Å². The van der Waals surface area contributed by atoms with Crippen LogP contribution in [0.5, 0.6) is 5.75 Å². The Labute approximate surface area is 216 Å². The zero-order chi connectivity index (χ0) is 26.6. The van der Waals surface area contributed by atoms with Gasteiger partial charge in [-0.25, -0.2) is 13.6 Å². The molecule has 5 N–H and O–H groups in total. The van der Waals surface area contributed by atoms with Gasteiger partial charge in [-0.3, -0.25) is 4.79 Å². The quantitative estimate of drug-likeness (QED) is 0.295. The Bertz CT molecular complexity index is 1110. The lowest BCUT2D eigenvalue weighted by molar-refractivity contribution is -0.172. The van der Waals surface area contributed by atoms with Crippen LogP contribution in [0.4, 0.5) is 19.3 Å². The first-order valence-corrected chi connectivity index (χ1v) is 12.3. The molecular formula is C24H27ClF2N2O6S. The highest BCUT2D eigenvalue weighted by Gasteiger charge is 2.50. The van der Waals surface area contributed by atoms with Gasteiger partial charge in [0.2, 0.25) is 0 Å². The molecule has 0 aliphatic heterocycles. The highest BCUT2D eigenvalue weighted by atomic mass is 35.5. The van der Waals surface area contributed by atoms with Gasteiger partial charge in [-0.15, -0.1) is 0 Å². The molecule has 36 heavy (non-hydrogen) atoms. The van der Waals surface area contributed by atoms with Gasteiger partial charge in [-0.2, -0.15) is 0 Å². The molecule has 0 saturated heterocycles. The molecule has 0 radical (unpaired) electrons. The molecule has 1 saturated carbocycles. The third-order valence-corrected chi connectivity index (χ3v) is 7.21. The summed E-state index contributed by atoms with van der Waals surface area (Å²) in [7, 11) is 0. The summed E-state index contributed by atoms with van der Waals surface area (Å²) in [5.74, 6) is -3.51. The van der Waals surface area contributed by atoms with E-state index in [2.05, 4.69) is 5.32 Å². The highest BCUT2D eigenvalue weighted by Crippen LogP contribution is 2.42. The van der Waals surface area contributed by atoms with Gasteiger partial charge in [0, 0.05) is 23.9 Å². The first-order chi connectivity index (χ1) is 16.9. The Morgan fingerprint density at radius 1 is 1.19 bits per heavy atom. The molecule has 1 aliphatic rings. The lowest BCUT2D eigenvalue weighted by Crippen LogP contribution is -2.59. The number of hydrogen-bond donors (Lipinski definition) is 4. The van der Waals surface area contributed by atoms with Gasteiger partial charge in [-0.05, 0) is 55.0 Å². The van der Waals surface area contributed by atoms with Crippen molar-refractivity contribution in [1.29, 1.82) is 0 Å². The average molecular weight is 545 g/mol. The van der Waals surface area contributed by atoms with E-state index in [1.54, 1.807) is 13.8 Å². The summed E-state index contributed by atoms with van der Waals surface area (Å²) in [4.78, 5) is 24.9. The van der Waals surface area contributed by atoms with Crippen molar-refractivity contribution >= 4 is 40.5 Å². The first-order valence-electron chi connectivity index (χ1n) is 11.2. The Balaban J connectivity index is 1.58. The number of hydrogen-bond acceptors (Lipinski definition) is 8. The van der Waals surface area contributed by atoms with Crippen LogP contribution in [0.3, 0.4) is 0 Å². The topological polar surface area (TPSA) is 131 Å². The number of carbonyl (C=O) groups excluding carboxylic acids is 2. The van der Waals surface area contributed by atoms with E-state index in [4.69, 9.17) is 26.3 Å². The van der Waals surface area contributed by atoms with Crippen LogP contribution in [0.15, 0.2) is 36.4 Å². The Hall–Kier alpha value is -2.44. The van der Waals surface area contributed by atoms with Gasteiger partial charge in [0.1, 0.15) is 6.10 Å². The maximum atomic E-state index is 13.4. The van der Waals surface area contributed by atoms with Crippen LogP contribution in [0.1, 0.15) is 37.0 Å². The van der Waals surface area contributed by atoms with E-state index in [-0.39, 0.29) is 40.4 Å². The number of carbonyl (C=O) groups is 2. The average Bonchev–Trinajstić information content (AvgIpc) is 2.83. The minimum Gasteiger partial charge on any atom is -0.452 e. The number of amides is 1. The smallest absolute Gasteiger partial charge is 0.407 e. The fourth-order valence-electron chi connectivity index (χ4n) is 4.41. The van der Waals surface area contributed by atoms with Crippen LogP contribution in [0, 0.1) is 23.5 Å². The number of ether oxygens (including phenoxy) is 1. The molecule has 1 fully saturated rings. The molecule has 5 atom stereocenters. The molecule has 4 unspecified atom stereocenters. The monoisotopic (exact) mass is 544 g/mol. The van der Waals surface area contributed by atoms with Gasteiger partial charge >= 0.3 is 5.30 Å². The van der Waals surface area contributed by atoms with Gasteiger partial charge < -0.3 is 30.2 Å². The second-order valence-electron chi connectivity index (χ2n) is 8.80. The molecule has 2 aromatic rings. The maximum absolute atomic E-state index is 13.4. The van der Waals surface area contributed by atoms with Gasteiger partial charge in [0.05, 0.1) is 16.7 Å². The molecule has 0 heterocycles. The molecule has 12 heteroatoms. The van der Waals surface area contributed by atoms with Crippen molar-refractivity contribution in [1.82, 2.24) is 0 Å². The number of halogens is 3. The molecule has 1 amide bonds. The Morgan fingerprint density at radius 2 is 1.86 bits per heavy atom. The first kappa shape index (κ1) is 28.1. The lowest BCUT2D eigenvalue weighted by atomic mass is 9.66. The summed E-state index contributed by atoms with van der Waals surface area (Å²) < 4.78 is 37.3. The van der Waals surface area contributed by atoms with E-state index >= 15 is 0 Å². The summed E-state index contributed by atoms with van der Waals surface area (Å²) in [6.45, 7) is 3.43. The van der Waals surface area contributed by atoms with E-state index in [1.165, 1.54) is 24.3 Å². The molecular weight excluding hydrogens is 518 g/mol. The van der Waals surface area contributed by atoms with E-state index in [1.807, 2.05) is 0 Å². The van der Waals surface area contributed by atoms with Crippen LogP contribution < -0.4 is 15.2 Å². The van der Waals surface area contributed by atoms with Crippen LogP contribution in [0.2, 0.25) is 5.02 Å². The van der Waals surface area contributed by atoms with Gasteiger partial charge in [-0.1, -0.05) is 25.4 Å². The fourth-order valence-corrected chi connectivity index (χ4v) is 5.08. The standard InChI is InChI=1S/C24H27ClF2N2O6S/c1-12-7-16(8-13(2)24(12,33)21(30)11-28)34-23(32)36-35-20-9-14(3-5-17(20)25)22(31)29-15-4-6-18(26)19(27)10-15/h3-6,9-10,12-13,16,21,30,33H,7-8,11,28H2,1-2H3,(H,29,31)/t12-,13?,16?,21?,24?/m1/s1. The minimum absolute atomic E-state index is 0.0161. The Kier molecular flexibility index (Phi) is 9.18. The van der Waals surface area contributed by atoms with E-state index in [9.17, 15) is 28.6 Å². The molecule has 3 rings (SSSR count). The molecule has 196 valence electrons. The van der Waals surface area contributed by atoms with Crippen molar-refractivity contribution in [3.05, 3.63) is 58.6 Å². The second-order valence-corrected chi connectivity index (χ2v) is 9.87. The molecule has 2 aromatic carbocycles. The fraction of sp³-hybridized carbons (Fsp3) is 0.417. The van der Waals surface area contributed by atoms with Crippen LogP contribution >= 0.6 is 23.6 Å². The third-order valence-electron chi connectivity index (χ3n) is 6.40. The van der Waals surface area contributed by atoms with Crippen molar-refractivity contribution in [3.63, 3.8) is 0 Å². The molecule has 0 bridgehead atoms. The van der Waals surface area contributed by atoms with Crippen molar-refractivity contribution in [2.75, 3.05) is 11.9 Å². The molecule has 1 aliphatic carbocycles. The highest BCUT2D eigenvalue weighted by molar-refractivity contribution is 8.09. The predicted octanol–water partition coefficient (Wildman–Crippen LogP) is 4.52. The number of benzene rings is 2. The summed E-state index contributed by atoms with van der Waals surface area (Å²) in [5, 5.41) is 22.9. The Morgan fingerprint density at radius 3 is 2.47 bits per heavy atom. The number of nitrogens with two attached hydrogens (primary N) is 1. The summed E-state index contributed by atoms with van der Waals surface area (Å²) >= 11 is 6.49. The SMILES string of the molecule is CC1CC(OC(=O)SOc2cc(C(=O)Nc3ccc(F)c(F)c3)ccc2Cl)C[C@@H](C)C1(O)C(O)CN. The minimum atomic E-state index is -1.38. The lowest BCUT2D eigenvalue weighted by Gasteiger charge is -2.48. The summed E-state index contributed by atoms with van der Waals surface area (Å²) in [6, 6.07) is 7.01. The number of aliphatic hydroxyl groups is 2. The zero-order valence-electron chi connectivity index (χ0n) is 19.5. The van der Waals surface area contributed by atoms with E-state index in [0.717, 1.165) is 12.1 Å². The number of nitrogens with one attached hydrogen (secondary N) is 1. The molecule has 0 spiro atoms. The number of aliphatic hydroxyl groups excluding tert-OH is 1. The number of rotatable bonds is 7. The van der Waals surface area contributed by atoms with E-state index in [0.29, 0.717) is 24.9 Å². The number of anilines is 1. The van der Waals surface area contributed by atoms with Crippen molar-refractivity contribution in [2.45, 2.75) is 44.5 Å². The van der Waals surface area contributed by atoms with Gasteiger partial charge in [0.15, 0.2) is 29.4 Å². The van der Waals surface area contributed by atoms with Crippen LogP contribution in [-0.4, -0.2) is 45.8 Å². The molecule has 0 aromatic heterocycles. The van der Waals surface area contributed by atoms with E-state index < -0.39 is 40.7 Å². The van der Waals surface area contributed by atoms with Crippen molar-refractivity contribution in [2.24, 2.45) is 17.6 Å². The second kappa shape index (κ2) is 11.7. The zero-order valence-corrected chi connectivity index (χ0v) is 21.1. The van der Waals surface area contributed by atoms with Crippen molar-refractivity contribution < 1.29 is 37.5 Å². The van der Waals surface area contributed by atoms with Crippen LogP contribution in [-0.2, 0) is 4.74 Å². The predicted molar refractivity (Wildman–Crippen MR) is 132 cm³/mol.